The molecule has 0 bridgehead atoms. The first-order chi connectivity index (χ1) is 25.7. The second-order valence-electron chi connectivity index (χ2n) is 14.5. The van der Waals surface area contributed by atoms with Crippen molar-refractivity contribution in [3.05, 3.63) is 186 Å². The molecular formula is C50H35NO. The number of rotatable bonds is 4. The summed E-state index contributed by atoms with van der Waals surface area (Å²) in [6.45, 7) is 0.867. The van der Waals surface area contributed by atoms with Crippen molar-refractivity contribution in [2.45, 2.75) is 18.8 Å². The van der Waals surface area contributed by atoms with Gasteiger partial charge in [0, 0.05) is 23.0 Å². The van der Waals surface area contributed by atoms with E-state index >= 15 is 0 Å². The van der Waals surface area contributed by atoms with Crippen LogP contribution in [0.3, 0.4) is 0 Å². The van der Waals surface area contributed by atoms with Gasteiger partial charge in [-0.15, -0.1) is 0 Å². The standard InChI is InChI=1S/C50H35NO/c1-2-10-37-34(9-1)26-36(38-11-3-4-12-39(37)38)25-31-17-23-48(51-30-31)35-19-22-43-42-21-18-32(27-45(42)40-13-5-6-14-41(40)46(43)29-35)33-20-24-50-47(28-33)44-15-7-8-16-49(44)52-50/h1-24,27-29,36,51H,25-26,30H2. The first-order valence-corrected chi connectivity index (χ1v) is 18.4. The molecule has 1 aliphatic heterocycles. The summed E-state index contributed by atoms with van der Waals surface area (Å²) in [7, 11) is 0. The lowest BCUT2D eigenvalue weighted by atomic mass is 9.76. The highest BCUT2D eigenvalue weighted by atomic mass is 16.3. The van der Waals surface area contributed by atoms with Crippen LogP contribution >= 0.6 is 0 Å². The van der Waals surface area contributed by atoms with E-state index in [0.717, 1.165) is 41.3 Å². The van der Waals surface area contributed by atoms with Crippen molar-refractivity contribution in [3.63, 3.8) is 0 Å². The number of dihydropyridines is 1. The molecule has 246 valence electrons. The predicted octanol–water partition coefficient (Wildman–Crippen LogP) is 13.0. The van der Waals surface area contributed by atoms with Crippen molar-refractivity contribution in [2.24, 2.45) is 0 Å². The van der Waals surface area contributed by atoms with E-state index < -0.39 is 0 Å². The fourth-order valence-electron chi connectivity index (χ4n) is 9.01. The van der Waals surface area contributed by atoms with E-state index in [2.05, 4.69) is 157 Å². The van der Waals surface area contributed by atoms with Crippen LogP contribution in [0.15, 0.2) is 174 Å². The summed E-state index contributed by atoms with van der Waals surface area (Å²) in [4.78, 5) is 0. The van der Waals surface area contributed by atoms with E-state index in [9.17, 15) is 0 Å². The minimum Gasteiger partial charge on any atom is -0.456 e. The van der Waals surface area contributed by atoms with E-state index in [1.807, 2.05) is 12.1 Å². The fraction of sp³-hybridized carbons (Fsp3) is 0.0800. The molecule has 9 aromatic rings. The zero-order chi connectivity index (χ0) is 34.2. The van der Waals surface area contributed by atoms with Crippen LogP contribution in [-0.4, -0.2) is 6.54 Å². The molecule has 2 nitrogen and oxygen atoms in total. The maximum atomic E-state index is 6.12. The third kappa shape index (κ3) is 4.64. The van der Waals surface area contributed by atoms with Gasteiger partial charge in [-0.1, -0.05) is 133 Å². The Morgan fingerprint density at radius 2 is 1.08 bits per heavy atom. The highest BCUT2D eigenvalue weighted by Crippen LogP contribution is 2.43. The van der Waals surface area contributed by atoms with Gasteiger partial charge in [0.05, 0.1) is 0 Å². The lowest BCUT2D eigenvalue weighted by molar-refractivity contribution is 0.653. The highest BCUT2D eigenvalue weighted by molar-refractivity contribution is 6.26. The van der Waals surface area contributed by atoms with Gasteiger partial charge in [-0.25, -0.2) is 0 Å². The van der Waals surface area contributed by atoms with Gasteiger partial charge in [0.1, 0.15) is 11.2 Å². The zero-order valence-corrected chi connectivity index (χ0v) is 28.7. The molecule has 0 spiro atoms. The van der Waals surface area contributed by atoms with Gasteiger partial charge >= 0.3 is 0 Å². The van der Waals surface area contributed by atoms with Crippen LogP contribution in [0.4, 0.5) is 0 Å². The summed E-state index contributed by atoms with van der Waals surface area (Å²) in [5, 5.41) is 13.8. The Morgan fingerprint density at radius 1 is 0.481 bits per heavy atom. The summed E-state index contributed by atoms with van der Waals surface area (Å²) < 4.78 is 6.12. The van der Waals surface area contributed by atoms with E-state index in [-0.39, 0.29) is 0 Å². The van der Waals surface area contributed by atoms with Crippen LogP contribution in [0.5, 0.6) is 0 Å². The zero-order valence-electron chi connectivity index (χ0n) is 28.7. The molecule has 0 fully saturated rings. The average Bonchev–Trinajstić information content (AvgIpc) is 3.59. The number of nitrogens with one attached hydrogen (secondary N) is 1. The normalized spacial score (nSPS) is 15.4. The number of allylic oxidation sites excluding steroid dienone is 2. The van der Waals surface area contributed by atoms with Crippen LogP contribution < -0.4 is 5.32 Å². The van der Waals surface area contributed by atoms with Gasteiger partial charge in [-0.3, -0.25) is 0 Å². The Bertz CT molecular complexity index is 2960. The molecule has 1 atom stereocenters. The Balaban J connectivity index is 0.947. The van der Waals surface area contributed by atoms with Gasteiger partial charge in [-0.05, 0) is 126 Å². The molecule has 0 saturated heterocycles. The minimum absolute atomic E-state index is 0.489. The van der Waals surface area contributed by atoms with Crippen LogP contribution in [-0.2, 0) is 6.42 Å². The molecule has 52 heavy (non-hydrogen) atoms. The Morgan fingerprint density at radius 3 is 1.87 bits per heavy atom. The first-order valence-electron chi connectivity index (χ1n) is 18.4. The van der Waals surface area contributed by atoms with Gasteiger partial charge < -0.3 is 9.73 Å². The monoisotopic (exact) mass is 665 g/mol. The van der Waals surface area contributed by atoms with Gasteiger partial charge in [0.25, 0.3) is 0 Å². The smallest absolute Gasteiger partial charge is 0.135 e. The van der Waals surface area contributed by atoms with Crippen LogP contribution in [0.25, 0.3) is 82.2 Å². The Labute approximate surface area is 302 Å². The summed E-state index contributed by atoms with van der Waals surface area (Å²) in [6, 6.07) is 55.6. The van der Waals surface area contributed by atoms with Crippen molar-refractivity contribution in [3.8, 4) is 22.3 Å². The molecule has 0 saturated carbocycles. The Hall–Kier alpha value is -6.38. The molecule has 8 aromatic carbocycles. The second-order valence-corrected chi connectivity index (χ2v) is 14.5. The molecule has 0 radical (unpaired) electrons. The molecule has 1 N–H and O–H groups in total. The number of fused-ring (bicyclic) bond motifs is 12. The average molecular weight is 666 g/mol. The first kappa shape index (κ1) is 29.4. The van der Waals surface area contributed by atoms with E-state index in [4.69, 9.17) is 4.42 Å². The molecular weight excluding hydrogens is 631 g/mol. The third-order valence-corrected chi connectivity index (χ3v) is 11.5. The van der Waals surface area contributed by atoms with Crippen molar-refractivity contribution < 1.29 is 4.42 Å². The van der Waals surface area contributed by atoms with Crippen molar-refractivity contribution >= 4 is 60.0 Å². The van der Waals surface area contributed by atoms with Gasteiger partial charge in [0.15, 0.2) is 0 Å². The van der Waals surface area contributed by atoms with Gasteiger partial charge in [-0.2, -0.15) is 0 Å². The van der Waals surface area contributed by atoms with Crippen molar-refractivity contribution in [2.75, 3.05) is 6.54 Å². The maximum Gasteiger partial charge on any atom is 0.135 e. The van der Waals surface area contributed by atoms with Crippen LogP contribution in [0.2, 0.25) is 0 Å². The predicted molar refractivity (Wildman–Crippen MR) is 219 cm³/mol. The van der Waals surface area contributed by atoms with Crippen molar-refractivity contribution in [1.29, 1.82) is 0 Å². The van der Waals surface area contributed by atoms with Gasteiger partial charge in [0.2, 0.25) is 0 Å². The molecule has 1 unspecified atom stereocenters. The number of hydrogen-bond donors (Lipinski definition) is 1. The summed E-state index contributed by atoms with van der Waals surface area (Å²) >= 11 is 0. The molecule has 2 heteroatoms. The van der Waals surface area contributed by atoms with Crippen LogP contribution in [0.1, 0.15) is 29.0 Å². The molecule has 0 amide bonds. The summed E-state index contributed by atoms with van der Waals surface area (Å²) in [6.07, 6.45) is 6.80. The number of para-hydroxylation sites is 1. The Kier molecular flexibility index (Phi) is 6.54. The number of benzene rings is 8. The maximum absolute atomic E-state index is 6.12. The van der Waals surface area contributed by atoms with E-state index in [1.54, 1.807) is 0 Å². The topological polar surface area (TPSA) is 25.2 Å². The van der Waals surface area contributed by atoms with E-state index in [0.29, 0.717) is 5.92 Å². The van der Waals surface area contributed by atoms with E-state index in [1.165, 1.54) is 82.5 Å². The fourth-order valence-corrected chi connectivity index (χ4v) is 9.01. The van der Waals surface area contributed by atoms with Crippen molar-refractivity contribution in [1.82, 2.24) is 5.32 Å². The molecule has 1 aromatic heterocycles. The third-order valence-electron chi connectivity index (χ3n) is 11.5. The lowest BCUT2D eigenvalue weighted by Gasteiger charge is -2.29. The van der Waals surface area contributed by atoms with Crippen LogP contribution in [0, 0.1) is 0 Å². The number of hydrogen-bond acceptors (Lipinski definition) is 2. The minimum atomic E-state index is 0.489. The SMILES string of the molecule is C1=C(CC2Cc3ccccc3-c3ccccc32)CNC(c2ccc3c4ccc(-c5ccc6oc7ccccc7c6c5)cc4c4ccccc4c3c2)=C1. The molecule has 1 aliphatic carbocycles. The summed E-state index contributed by atoms with van der Waals surface area (Å²) in [5.41, 5.74) is 13.8. The second kappa shape index (κ2) is 11.6. The largest absolute Gasteiger partial charge is 0.456 e. The molecule has 2 aliphatic rings. The molecule has 2 heterocycles. The highest BCUT2D eigenvalue weighted by Gasteiger charge is 2.25. The molecule has 11 rings (SSSR count). The lowest BCUT2D eigenvalue weighted by Crippen LogP contribution is -2.21. The quantitative estimate of drug-likeness (QED) is 0.189. The number of furan rings is 1. The summed E-state index contributed by atoms with van der Waals surface area (Å²) in [5.74, 6) is 0.489.